The number of amides is 1. The Morgan fingerprint density at radius 2 is 1.87 bits per heavy atom. The minimum absolute atomic E-state index is 0.0200. The molecule has 3 N–H and O–H groups in total. The predicted octanol–water partition coefficient (Wildman–Crippen LogP) is 2.89. The smallest absolute Gasteiger partial charge is 0.326 e. The van der Waals surface area contributed by atoms with E-state index in [9.17, 15) is 9.59 Å². The third-order valence-corrected chi connectivity index (χ3v) is 4.66. The van der Waals surface area contributed by atoms with Gasteiger partial charge in [0.25, 0.3) is 5.91 Å². The average molecular weight is 409 g/mol. The van der Waals surface area contributed by atoms with Gasteiger partial charge in [-0.1, -0.05) is 30.3 Å². The van der Waals surface area contributed by atoms with Crippen LogP contribution in [0.15, 0.2) is 42.5 Å². The van der Waals surface area contributed by atoms with Gasteiger partial charge in [-0.25, -0.2) is 0 Å². The van der Waals surface area contributed by atoms with Crippen molar-refractivity contribution in [2.24, 2.45) is 5.73 Å². The summed E-state index contributed by atoms with van der Waals surface area (Å²) in [6.07, 6.45) is 0.677. The van der Waals surface area contributed by atoms with E-state index in [2.05, 4.69) is 0 Å². The van der Waals surface area contributed by atoms with E-state index in [0.29, 0.717) is 36.4 Å². The number of carbonyl (C=O) groups excluding carboxylic acids is 2. The number of hydrogen-bond acceptors (Lipinski definition) is 5. The van der Waals surface area contributed by atoms with E-state index in [0.717, 1.165) is 11.1 Å². The highest BCUT2D eigenvalue weighted by Gasteiger charge is 2.28. The van der Waals surface area contributed by atoms with Gasteiger partial charge in [0, 0.05) is 17.7 Å². The second-order valence-corrected chi connectivity index (χ2v) is 8.28. The van der Waals surface area contributed by atoms with Crippen molar-refractivity contribution in [2.75, 3.05) is 13.1 Å². The maximum atomic E-state index is 12.9. The zero-order chi connectivity index (χ0) is 21.9. The quantitative estimate of drug-likeness (QED) is 0.434. The van der Waals surface area contributed by atoms with Gasteiger partial charge in [0.1, 0.15) is 30.3 Å². The fourth-order valence-electron chi connectivity index (χ4n) is 3.22. The number of amidine groups is 1. The van der Waals surface area contributed by atoms with Crippen LogP contribution < -0.4 is 10.5 Å². The highest BCUT2D eigenvalue weighted by molar-refractivity contribution is 5.98. The van der Waals surface area contributed by atoms with Crippen molar-refractivity contribution in [1.82, 2.24) is 4.90 Å². The van der Waals surface area contributed by atoms with Crippen LogP contribution in [0.25, 0.3) is 0 Å². The Hall–Kier alpha value is -3.35. The summed E-state index contributed by atoms with van der Waals surface area (Å²) in [5.74, 6) is -0.0115. The molecule has 1 aliphatic heterocycles. The van der Waals surface area contributed by atoms with E-state index in [1.165, 1.54) is 4.90 Å². The van der Waals surface area contributed by atoms with Crippen LogP contribution in [-0.2, 0) is 22.6 Å². The maximum absolute atomic E-state index is 12.9. The number of carbonyl (C=O) groups is 2. The Labute approximate surface area is 176 Å². The first-order chi connectivity index (χ1) is 14.1. The molecule has 0 bridgehead atoms. The molecule has 0 aliphatic carbocycles. The minimum Gasteiger partial charge on any atom is -0.489 e. The summed E-state index contributed by atoms with van der Waals surface area (Å²) in [4.78, 5) is 26.5. The normalized spacial score (nSPS) is 13.6. The van der Waals surface area contributed by atoms with Crippen LogP contribution in [0, 0.1) is 5.41 Å². The van der Waals surface area contributed by atoms with Crippen LogP contribution in [0.4, 0.5) is 0 Å². The SMILES string of the molecule is CC(C)(C)OC(=O)CN1CCc2ccc(OCc3ccc(C(=N)N)cc3)cc2C1=O. The van der Waals surface area contributed by atoms with Gasteiger partial charge in [0.2, 0.25) is 0 Å². The molecule has 2 aromatic rings. The molecule has 158 valence electrons. The summed E-state index contributed by atoms with van der Waals surface area (Å²) in [6, 6.07) is 12.7. The van der Waals surface area contributed by atoms with Gasteiger partial charge in [-0.2, -0.15) is 0 Å². The van der Waals surface area contributed by atoms with Crippen LogP contribution in [0.5, 0.6) is 5.75 Å². The number of nitrogens with two attached hydrogens (primary N) is 1. The zero-order valence-electron chi connectivity index (χ0n) is 17.5. The summed E-state index contributed by atoms with van der Waals surface area (Å²) < 4.78 is 11.2. The largest absolute Gasteiger partial charge is 0.489 e. The molecule has 0 spiro atoms. The maximum Gasteiger partial charge on any atom is 0.326 e. The fourth-order valence-corrected chi connectivity index (χ4v) is 3.22. The first-order valence-electron chi connectivity index (χ1n) is 9.82. The van der Waals surface area contributed by atoms with E-state index in [1.807, 2.05) is 24.3 Å². The van der Waals surface area contributed by atoms with E-state index in [1.54, 1.807) is 39.0 Å². The zero-order valence-corrected chi connectivity index (χ0v) is 17.5. The van der Waals surface area contributed by atoms with Crippen molar-refractivity contribution in [3.8, 4) is 5.75 Å². The molecule has 30 heavy (non-hydrogen) atoms. The second kappa shape index (κ2) is 8.57. The third kappa shape index (κ3) is 5.37. The van der Waals surface area contributed by atoms with Gasteiger partial charge >= 0.3 is 5.97 Å². The lowest BCUT2D eigenvalue weighted by Crippen LogP contribution is -2.42. The van der Waals surface area contributed by atoms with Gasteiger partial charge in [-0.05, 0) is 50.5 Å². The summed E-state index contributed by atoms with van der Waals surface area (Å²) >= 11 is 0. The molecule has 7 heteroatoms. The van der Waals surface area contributed by atoms with E-state index in [-0.39, 0.29) is 18.3 Å². The van der Waals surface area contributed by atoms with Gasteiger partial charge in [0.05, 0.1) is 0 Å². The van der Waals surface area contributed by atoms with Crippen LogP contribution in [0.2, 0.25) is 0 Å². The Morgan fingerprint density at radius 1 is 1.17 bits per heavy atom. The van der Waals surface area contributed by atoms with Crippen LogP contribution in [-0.4, -0.2) is 41.3 Å². The summed E-state index contributed by atoms with van der Waals surface area (Å²) in [7, 11) is 0. The summed E-state index contributed by atoms with van der Waals surface area (Å²) in [5, 5.41) is 7.43. The Bertz CT molecular complexity index is 961. The Kier molecular flexibility index (Phi) is 6.10. The Morgan fingerprint density at radius 3 is 2.50 bits per heavy atom. The summed E-state index contributed by atoms with van der Waals surface area (Å²) in [6.45, 7) is 6.14. The standard InChI is InChI=1S/C23H27N3O4/c1-23(2,3)30-20(27)13-26-11-10-16-8-9-18(12-19(16)22(26)28)29-14-15-4-6-17(7-5-15)21(24)25/h4-9,12H,10-11,13-14H2,1-3H3,(H3,24,25). The van der Waals surface area contributed by atoms with Crippen molar-refractivity contribution in [1.29, 1.82) is 5.41 Å². The average Bonchev–Trinajstić information content (AvgIpc) is 2.67. The topological polar surface area (TPSA) is 106 Å². The van der Waals surface area contributed by atoms with Crippen molar-refractivity contribution < 1.29 is 19.1 Å². The molecule has 1 heterocycles. The van der Waals surface area contributed by atoms with Gasteiger partial charge < -0.3 is 20.1 Å². The molecule has 0 radical (unpaired) electrons. The van der Waals surface area contributed by atoms with E-state index < -0.39 is 11.6 Å². The molecule has 0 saturated carbocycles. The molecule has 0 saturated heterocycles. The predicted molar refractivity (Wildman–Crippen MR) is 114 cm³/mol. The highest BCUT2D eigenvalue weighted by atomic mass is 16.6. The number of fused-ring (bicyclic) bond motifs is 1. The third-order valence-electron chi connectivity index (χ3n) is 4.66. The van der Waals surface area contributed by atoms with Gasteiger partial charge in [0.15, 0.2) is 0 Å². The Balaban J connectivity index is 1.66. The molecule has 1 amide bonds. The number of ether oxygens (including phenoxy) is 2. The molecule has 0 aromatic heterocycles. The molecule has 0 unspecified atom stereocenters. The molecular weight excluding hydrogens is 382 g/mol. The number of nitrogens with zero attached hydrogens (tertiary/aromatic N) is 1. The number of nitrogens with one attached hydrogen (secondary N) is 1. The minimum atomic E-state index is -0.586. The van der Waals surface area contributed by atoms with Crippen LogP contribution in [0.1, 0.15) is 47.8 Å². The number of benzene rings is 2. The second-order valence-electron chi connectivity index (χ2n) is 8.28. The fraction of sp³-hybridized carbons (Fsp3) is 0.348. The van der Waals surface area contributed by atoms with Crippen molar-refractivity contribution in [3.05, 3.63) is 64.7 Å². The summed E-state index contributed by atoms with van der Waals surface area (Å²) in [5.41, 5.74) is 7.95. The van der Waals surface area contributed by atoms with Crippen LogP contribution in [0.3, 0.4) is 0 Å². The van der Waals surface area contributed by atoms with Gasteiger partial charge in [-0.15, -0.1) is 0 Å². The molecule has 2 aromatic carbocycles. The van der Waals surface area contributed by atoms with E-state index >= 15 is 0 Å². The lowest BCUT2D eigenvalue weighted by molar-refractivity contribution is -0.155. The number of rotatable bonds is 6. The molecule has 1 aliphatic rings. The van der Waals surface area contributed by atoms with E-state index in [4.69, 9.17) is 20.6 Å². The van der Waals surface area contributed by atoms with Gasteiger partial charge in [-0.3, -0.25) is 15.0 Å². The number of esters is 1. The molecular formula is C23H27N3O4. The molecule has 0 atom stereocenters. The van der Waals surface area contributed by atoms with Crippen molar-refractivity contribution in [2.45, 2.75) is 39.4 Å². The molecule has 7 nitrogen and oxygen atoms in total. The van der Waals surface area contributed by atoms with Crippen LogP contribution >= 0.6 is 0 Å². The first kappa shape index (κ1) is 21.4. The van der Waals surface area contributed by atoms with Crippen molar-refractivity contribution in [3.63, 3.8) is 0 Å². The van der Waals surface area contributed by atoms with Crippen molar-refractivity contribution >= 4 is 17.7 Å². The first-order valence-corrected chi connectivity index (χ1v) is 9.82. The number of hydrogen-bond donors (Lipinski definition) is 2. The molecule has 0 fully saturated rings. The highest BCUT2D eigenvalue weighted by Crippen LogP contribution is 2.25. The number of nitrogen functional groups attached to an aromatic ring is 1. The monoisotopic (exact) mass is 409 g/mol. The lowest BCUT2D eigenvalue weighted by Gasteiger charge is -2.29. The molecule has 3 rings (SSSR count). The lowest BCUT2D eigenvalue weighted by atomic mass is 9.98.